The van der Waals surface area contributed by atoms with Gasteiger partial charge in [-0.3, -0.25) is 4.79 Å². The van der Waals surface area contributed by atoms with E-state index < -0.39 is 5.91 Å². The van der Waals surface area contributed by atoms with E-state index in [0.29, 0.717) is 18.0 Å². The molecule has 0 atom stereocenters. The molecule has 3 aromatic rings. The van der Waals surface area contributed by atoms with E-state index in [-0.39, 0.29) is 18.1 Å². The smallest absolute Gasteiger partial charge is 0.270 e. The average Bonchev–Trinajstić information content (AvgIpc) is 2.69. The molecule has 27 heavy (non-hydrogen) atoms. The number of aromatic nitrogens is 2. The van der Waals surface area contributed by atoms with E-state index >= 15 is 0 Å². The summed E-state index contributed by atoms with van der Waals surface area (Å²) in [4.78, 5) is 20.4. The number of nitrogens with one attached hydrogen (secondary N) is 2. The van der Waals surface area contributed by atoms with Gasteiger partial charge in [0.05, 0.1) is 6.61 Å². The van der Waals surface area contributed by atoms with E-state index in [0.717, 1.165) is 11.4 Å². The Hall–Kier alpha value is -3.48. The predicted molar refractivity (Wildman–Crippen MR) is 100 cm³/mol. The molecule has 0 bridgehead atoms. The normalized spacial score (nSPS) is 10.3. The summed E-state index contributed by atoms with van der Waals surface area (Å²) < 4.78 is 19.0. The summed E-state index contributed by atoms with van der Waals surface area (Å²) in [7, 11) is 0. The Morgan fingerprint density at radius 3 is 2.63 bits per heavy atom. The van der Waals surface area contributed by atoms with Crippen LogP contribution in [0.1, 0.15) is 23.0 Å². The van der Waals surface area contributed by atoms with E-state index in [9.17, 15) is 9.18 Å². The average molecular weight is 366 g/mol. The lowest BCUT2D eigenvalue weighted by Crippen LogP contribution is -2.24. The van der Waals surface area contributed by atoms with Gasteiger partial charge in [-0.15, -0.1) is 0 Å². The largest absolute Gasteiger partial charge is 0.494 e. The number of hydrogen-bond acceptors (Lipinski definition) is 5. The third-order valence-corrected chi connectivity index (χ3v) is 3.73. The van der Waals surface area contributed by atoms with Gasteiger partial charge in [-0.1, -0.05) is 18.2 Å². The van der Waals surface area contributed by atoms with Crippen LogP contribution in [0.5, 0.6) is 5.75 Å². The van der Waals surface area contributed by atoms with Crippen LogP contribution in [-0.4, -0.2) is 22.5 Å². The monoisotopic (exact) mass is 366 g/mol. The van der Waals surface area contributed by atoms with Gasteiger partial charge in [0.1, 0.15) is 29.4 Å². The number of halogens is 1. The maximum atomic E-state index is 13.6. The topological polar surface area (TPSA) is 76.1 Å². The summed E-state index contributed by atoms with van der Waals surface area (Å²) in [6.07, 6.45) is 1.30. The molecular formula is C20H19FN4O2. The first kappa shape index (κ1) is 18.3. The molecule has 1 heterocycles. The molecule has 2 N–H and O–H groups in total. The van der Waals surface area contributed by atoms with Crippen molar-refractivity contribution in [2.75, 3.05) is 11.9 Å². The fourth-order valence-corrected chi connectivity index (χ4v) is 2.41. The molecule has 0 spiro atoms. The van der Waals surface area contributed by atoms with Crippen molar-refractivity contribution >= 4 is 17.4 Å². The molecular weight excluding hydrogens is 347 g/mol. The fraction of sp³-hybridized carbons (Fsp3) is 0.150. The fourth-order valence-electron chi connectivity index (χ4n) is 2.41. The van der Waals surface area contributed by atoms with Crippen LogP contribution in [0.3, 0.4) is 0 Å². The Kier molecular flexibility index (Phi) is 5.94. The highest BCUT2D eigenvalue weighted by atomic mass is 19.1. The van der Waals surface area contributed by atoms with Gasteiger partial charge in [-0.2, -0.15) is 0 Å². The maximum Gasteiger partial charge on any atom is 0.270 e. The maximum absolute atomic E-state index is 13.6. The van der Waals surface area contributed by atoms with E-state index in [1.165, 1.54) is 18.5 Å². The van der Waals surface area contributed by atoms with Crippen molar-refractivity contribution in [2.24, 2.45) is 0 Å². The van der Waals surface area contributed by atoms with Crippen LogP contribution in [0.4, 0.5) is 15.9 Å². The van der Waals surface area contributed by atoms with Gasteiger partial charge >= 0.3 is 0 Å². The van der Waals surface area contributed by atoms with Crippen molar-refractivity contribution < 1.29 is 13.9 Å². The molecule has 1 amide bonds. The lowest BCUT2D eigenvalue weighted by Gasteiger charge is -2.09. The molecule has 0 aliphatic heterocycles. The van der Waals surface area contributed by atoms with Crippen LogP contribution in [0.2, 0.25) is 0 Å². The van der Waals surface area contributed by atoms with Crippen LogP contribution in [-0.2, 0) is 6.54 Å². The molecule has 0 saturated heterocycles. The minimum absolute atomic E-state index is 0.0805. The molecule has 0 fully saturated rings. The number of hydrogen-bond donors (Lipinski definition) is 2. The van der Waals surface area contributed by atoms with Gasteiger partial charge in [0.25, 0.3) is 5.91 Å². The number of nitrogens with zero attached hydrogens (tertiary/aromatic N) is 2. The van der Waals surface area contributed by atoms with Crippen molar-refractivity contribution in [1.29, 1.82) is 0 Å². The molecule has 138 valence electrons. The summed E-state index contributed by atoms with van der Waals surface area (Å²) in [6, 6.07) is 15.2. The Bertz CT molecular complexity index is 916. The van der Waals surface area contributed by atoms with Gasteiger partial charge in [0.15, 0.2) is 0 Å². The Labute approximate surface area is 156 Å². The SMILES string of the molecule is CCOc1ccc(Nc2cc(C(=O)NCc3ccccc3F)ncn2)cc1. The second-order valence-corrected chi connectivity index (χ2v) is 5.64. The number of anilines is 2. The van der Waals surface area contributed by atoms with Crippen LogP contribution in [0, 0.1) is 5.82 Å². The molecule has 0 saturated carbocycles. The second kappa shape index (κ2) is 8.75. The highest BCUT2D eigenvalue weighted by molar-refractivity contribution is 5.92. The van der Waals surface area contributed by atoms with Crippen molar-refractivity contribution in [3.05, 3.63) is 78.0 Å². The number of benzene rings is 2. The summed E-state index contributed by atoms with van der Waals surface area (Å²) in [5.41, 5.74) is 1.40. The zero-order valence-corrected chi connectivity index (χ0v) is 14.8. The molecule has 7 heteroatoms. The zero-order chi connectivity index (χ0) is 19.1. The second-order valence-electron chi connectivity index (χ2n) is 5.64. The minimum atomic E-state index is -0.407. The molecule has 6 nitrogen and oxygen atoms in total. The van der Waals surface area contributed by atoms with Crippen molar-refractivity contribution in [3.8, 4) is 5.75 Å². The van der Waals surface area contributed by atoms with Crippen LogP contribution < -0.4 is 15.4 Å². The van der Waals surface area contributed by atoms with Crippen molar-refractivity contribution in [1.82, 2.24) is 15.3 Å². The molecule has 0 aliphatic rings. The molecule has 0 aliphatic carbocycles. The van der Waals surface area contributed by atoms with E-state index in [1.807, 2.05) is 31.2 Å². The Morgan fingerprint density at radius 2 is 1.89 bits per heavy atom. The van der Waals surface area contributed by atoms with Crippen LogP contribution >= 0.6 is 0 Å². The third-order valence-electron chi connectivity index (χ3n) is 3.73. The lowest BCUT2D eigenvalue weighted by atomic mass is 10.2. The van der Waals surface area contributed by atoms with E-state index in [1.54, 1.807) is 18.2 Å². The summed E-state index contributed by atoms with van der Waals surface area (Å²) >= 11 is 0. The molecule has 1 aromatic heterocycles. The van der Waals surface area contributed by atoms with Gasteiger partial charge < -0.3 is 15.4 Å². The number of rotatable bonds is 7. The standard InChI is InChI=1S/C20H19FN4O2/c1-2-27-16-9-7-15(8-10-16)25-19-11-18(23-13-24-19)20(26)22-12-14-5-3-4-6-17(14)21/h3-11,13H,2,12H2,1H3,(H,22,26)(H,23,24,25). The van der Waals surface area contributed by atoms with Crippen molar-refractivity contribution in [2.45, 2.75) is 13.5 Å². The number of carbonyl (C=O) groups excluding carboxylic acids is 1. The molecule has 0 radical (unpaired) electrons. The number of ether oxygens (including phenoxy) is 1. The molecule has 0 unspecified atom stereocenters. The van der Waals surface area contributed by atoms with E-state index in [2.05, 4.69) is 20.6 Å². The Morgan fingerprint density at radius 1 is 1.11 bits per heavy atom. The highest BCUT2D eigenvalue weighted by Crippen LogP contribution is 2.19. The first-order valence-corrected chi connectivity index (χ1v) is 8.49. The third kappa shape index (κ3) is 5.01. The van der Waals surface area contributed by atoms with Crippen LogP contribution in [0.15, 0.2) is 60.9 Å². The van der Waals surface area contributed by atoms with Crippen molar-refractivity contribution in [3.63, 3.8) is 0 Å². The van der Waals surface area contributed by atoms with Gasteiger partial charge in [0.2, 0.25) is 0 Å². The first-order valence-electron chi connectivity index (χ1n) is 8.49. The zero-order valence-electron chi connectivity index (χ0n) is 14.8. The molecule has 2 aromatic carbocycles. The summed E-state index contributed by atoms with van der Waals surface area (Å²) in [6.45, 7) is 2.60. The number of amides is 1. The van der Waals surface area contributed by atoms with E-state index in [4.69, 9.17) is 4.74 Å². The lowest BCUT2D eigenvalue weighted by molar-refractivity contribution is 0.0945. The molecule has 3 rings (SSSR count). The van der Waals surface area contributed by atoms with Gasteiger partial charge in [-0.05, 0) is 37.3 Å². The quantitative estimate of drug-likeness (QED) is 0.667. The summed E-state index contributed by atoms with van der Waals surface area (Å²) in [5.74, 6) is 0.484. The predicted octanol–water partition coefficient (Wildman–Crippen LogP) is 3.69. The van der Waals surface area contributed by atoms with Gasteiger partial charge in [-0.25, -0.2) is 14.4 Å². The first-order chi connectivity index (χ1) is 13.2. The Balaban J connectivity index is 1.64. The highest BCUT2D eigenvalue weighted by Gasteiger charge is 2.10. The summed E-state index contributed by atoms with van der Waals surface area (Å²) in [5, 5.41) is 5.76. The minimum Gasteiger partial charge on any atom is -0.494 e. The van der Waals surface area contributed by atoms with Gasteiger partial charge in [0, 0.05) is 23.9 Å². The van der Waals surface area contributed by atoms with Crippen LogP contribution in [0.25, 0.3) is 0 Å². The number of carbonyl (C=O) groups is 1.